The van der Waals surface area contributed by atoms with Crippen molar-refractivity contribution in [2.75, 3.05) is 31.5 Å². The van der Waals surface area contributed by atoms with Crippen molar-refractivity contribution >= 4 is 23.2 Å². The number of nitrogens with zero attached hydrogens (tertiary/aromatic N) is 2. The van der Waals surface area contributed by atoms with Gasteiger partial charge in [-0.25, -0.2) is 9.97 Å². The number of amides is 1. The van der Waals surface area contributed by atoms with Gasteiger partial charge in [-0.1, -0.05) is 12.1 Å². The number of ether oxygens (including phenoxy) is 3. The average molecular weight is 394 g/mol. The Kier molecular flexibility index (Phi) is 6.47. The molecule has 0 spiro atoms. The number of carbonyl (C=O) groups is 1. The molecule has 0 unspecified atom stereocenters. The standard InChI is InChI=1S/C21H22N4O4/c1-4-29-17-8-6-5-7-16(17)25-21-22-12-14(13-23-21)20(26)24-15-9-10-18(27-2)19(11-15)28-3/h5-13H,4H2,1-3H3,(H,24,26)(H,22,23,25). The van der Waals surface area contributed by atoms with Crippen LogP contribution in [-0.4, -0.2) is 36.7 Å². The Morgan fingerprint density at radius 2 is 1.69 bits per heavy atom. The second-order valence-electron chi connectivity index (χ2n) is 5.87. The predicted octanol–water partition coefficient (Wildman–Crippen LogP) is 3.89. The van der Waals surface area contributed by atoms with E-state index in [-0.39, 0.29) is 5.91 Å². The number of aromatic nitrogens is 2. The van der Waals surface area contributed by atoms with Gasteiger partial charge in [0.05, 0.1) is 32.1 Å². The quantitative estimate of drug-likeness (QED) is 0.598. The number of rotatable bonds is 8. The lowest BCUT2D eigenvalue weighted by atomic mass is 10.2. The van der Waals surface area contributed by atoms with Gasteiger partial charge in [-0.3, -0.25) is 4.79 Å². The summed E-state index contributed by atoms with van der Waals surface area (Å²) in [7, 11) is 3.09. The summed E-state index contributed by atoms with van der Waals surface area (Å²) in [6.45, 7) is 2.47. The van der Waals surface area contributed by atoms with Crippen LogP contribution in [0.25, 0.3) is 0 Å². The topological polar surface area (TPSA) is 94.6 Å². The third-order valence-electron chi connectivity index (χ3n) is 3.99. The number of carbonyl (C=O) groups excluding carboxylic acids is 1. The molecule has 1 amide bonds. The Morgan fingerprint density at radius 1 is 0.966 bits per heavy atom. The minimum Gasteiger partial charge on any atom is -0.493 e. The van der Waals surface area contributed by atoms with Gasteiger partial charge in [0.25, 0.3) is 5.91 Å². The van der Waals surface area contributed by atoms with Crippen molar-refractivity contribution in [3.8, 4) is 17.2 Å². The lowest BCUT2D eigenvalue weighted by Gasteiger charge is -2.12. The van der Waals surface area contributed by atoms with Crippen molar-refractivity contribution in [2.24, 2.45) is 0 Å². The van der Waals surface area contributed by atoms with Gasteiger partial charge >= 0.3 is 0 Å². The summed E-state index contributed by atoms with van der Waals surface area (Å²) in [5.41, 5.74) is 1.64. The smallest absolute Gasteiger partial charge is 0.258 e. The number of nitrogens with one attached hydrogen (secondary N) is 2. The van der Waals surface area contributed by atoms with E-state index in [0.29, 0.717) is 41.1 Å². The van der Waals surface area contributed by atoms with Crippen molar-refractivity contribution in [1.82, 2.24) is 9.97 Å². The van der Waals surface area contributed by atoms with Crippen molar-refractivity contribution in [2.45, 2.75) is 6.92 Å². The first-order valence-corrected chi connectivity index (χ1v) is 8.99. The average Bonchev–Trinajstić information content (AvgIpc) is 2.75. The molecule has 0 saturated carbocycles. The molecule has 0 aliphatic heterocycles. The highest BCUT2D eigenvalue weighted by Crippen LogP contribution is 2.30. The molecule has 0 aliphatic carbocycles. The van der Waals surface area contributed by atoms with Gasteiger partial charge in [-0.05, 0) is 31.2 Å². The molecule has 3 aromatic rings. The van der Waals surface area contributed by atoms with Crippen molar-refractivity contribution in [3.05, 3.63) is 60.4 Å². The number of anilines is 3. The van der Waals surface area contributed by atoms with Crippen LogP contribution in [0.4, 0.5) is 17.3 Å². The van der Waals surface area contributed by atoms with E-state index in [1.807, 2.05) is 31.2 Å². The summed E-state index contributed by atoms with van der Waals surface area (Å²) >= 11 is 0. The first-order chi connectivity index (χ1) is 14.1. The van der Waals surface area contributed by atoms with Gasteiger partial charge in [0.15, 0.2) is 11.5 Å². The van der Waals surface area contributed by atoms with Crippen molar-refractivity contribution < 1.29 is 19.0 Å². The lowest BCUT2D eigenvalue weighted by Crippen LogP contribution is -2.13. The minimum atomic E-state index is -0.335. The van der Waals surface area contributed by atoms with Gasteiger partial charge in [-0.15, -0.1) is 0 Å². The van der Waals surface area contributed by atoms with Crippen LogP contribution in [0.3, 0.4) is 0 Å². The zero-order valence-electron chi connectivity index (χ0n) is 16.4. The Labute approximate surface area is 168 Å². The lowest BCUT2D eigenvalue weighted by molar-refractivity contribution is 0.102. The number of methoxy groups -OCH3 is 2. The summed E-state index contributed by atoms with van der Waals surface area (Å²) in [5, 5.41) is 5.88. The fourth-order valence-corrected chi connectivity index (χ4v) is 2.60. The molecule has 0 atom stereocenters. The van der Waals surface area contributed by atoms with E-state index in [4.69, 9.17) is 14.2 Å². The van der Waals surface area contributed by atoms with Crippen molar-refractivity contribution in [1.29, 1.82) is 0 Å². The van der Waals surface area contributed by atoms with Crippen LogP contribution in [0.1, 0.15) is 17.3 Å². The van der Waals surface area contributed by atoms with E-state index in [9.17, 15) is 4.79 Å². The second kappa shape index (κ2) is 9.41. The molecule has 1 heterocycles. The molecular weight excluding hydrogens is 372 g/mol. The molecule has 29 heavy (non-hydrogen) atoms. The van der Waals surface area contributed by atoms with Gasteiger partial charge < -0.3 is 24.8 Å². The summed E-state index contributed by atoms with van der Waals surface area (Å²) in [5.74, 6) is 1.83. The molecule has 0 bridgehead atoms. The predicted molar refractivity (Wildman–Crippen MR) is 110 cm³/mol. The fraction of sp³-hybridized carbons (Fsp3) is 0.190. The Bertz CT molecular complexity index is 977. The van der Waals surface area contributed by atoms with E-state index in [2.05, 4.69) is 20.6 Å². The number of benzene rings is 2. The number of hydrogen-bond donors (Lipinski definition) is 2. The van der Waals surface area contributed by atoms with E-state index < -0.39 is 0 Å². The molecule has 8 heteroatoms. The number of para-hydroxylation sites is 2. The summed E-state index contributed by atoms with van der Waals surface area (Å²) in [4.78, 5) is 20.9. The van der Waals surface area contributed by atoms with E-state index in [0.717, 1.165) is 5.69 Å². The Morgan fingerprint density at radius 3 is 2.38 bits per heavy atom. The van der Waals surface area contributed by atoms with Crippen LogP contribution in [0.5, 0.6) is 17.2 Å². The van der Waals surface area contributed by atoms with Crippen LogP contribution in [0, 0.1) is 0 Å². The van der Waals surface area contributed by atoms with E-state index >= 15 is 0 Å². The van der Waals surface area contributed by atoms with E-state index in [1.54, 1.807) is 25.3 Å². The molecule has 0 aliphatic rings. The molecule has 0 fully saturated rings. The van der Waals surface area contributed by atoms with Gasteiger partial charge in [0.2, 0.25) is 5.95 Å². The summed E-state index contributed by atoms with van der Waals surface area (Å²) in [6, 6.07) is 12.6. The highest BCUT2D eigenvalue weighted by molar-refractivity contribution is 6.04. The Hall–Kier alpha value is -3.81. The minimum absolute atomic E-state index is 0.323. The summed E-state index contributed by atoms with van der Waals surface area (Å²) in [6.07, 6.45) is 2.91. The molecule has 1 aromatic heterocycles. The third-order valence-corrected chi connectivity index (χ3v) is 3.99. The van der Waals surface area contributed by atoms with Gasteiger partial charge in [0.1, 0.15) is 5.75 Å². The molecular formula is C21H22N4O4. The first-order valence-electron chi connectivity index (χ1n) is 8.99. The largest absolute Gasteiger partial charge is 0.493 e. The van der Waals surface area contributed by atoms with Crippen LogP contribution in [0.2, 0.25) is 0 Å². The van der Waals surface area contributed by atoms with Crippen LogP contribution in [0.15, 0.2) is 54.9 Å². The highest BCUT2D eigenvalue weighted by Gasteiger charge is 2.11. The van der Waals surface area contributed by atoms with Crippen LogP contribution >= 0.6 is 0 Å². The number of hydrogen-bond acceptors (Lipinski definition) is 7. The molecule has 3 rings (SSSR count). The maximum Gasteiger partial charge on any atom is 0.258 e. The second-order valence-corrected chi connectivity index (χ2v) is 5.87. The van der Waals surface area contributed by atoms with E-state index in [1.165, 1.54) is 19.5 Å². The fourth-order valence-electron chi connectivity index (χ4n) is 2.60. The molecule has 0 saturated heterocycles. The zero-order chi connectivity index (χ0) is 20.6. The maximum absolute atomic E-state index is 12.5. The molecule has 2 N–H and O–H groups in total. The van der Waals surface area contributed by atoms with Crippen LogP contribution in [-0.2, 0) is 0 Å². The van der Waals surface area contributed by atoms with Gasteiger partial charge in [-0.2, -0.15) is 0 Å². The third kappa shape index (κ3) is 4.92. The van der Waals surface area contributed by atoms with Gasteiger partial charge in [0, 0.05) is 24.1 Å². The molecule has 150 valence electrons. The molecule has 2 aromatic carbocycles. The zero-order valence-corrected chi connectivity index (χ0v) is 16.4. The summed E-state index contributed by atoms with van der Waals surface area (Å²) < 4.78 is 16.0. The molecule has 0 radical (unpaired) electrons. The molecule has 8 nitrogen and oxygen atoms in total. The normalized spacial score (nSPS) is 10.2. The first kappa shape index (κ1) is 19.9. The van der Waals surface area contributed by atoms with Crippen molar-refractivity contribution in [3.63, 3.8) is 0 Å². The Balaban J connectivity index is 1.69. The SMILES string of the molecule is CCOc1ccccc1Nc1ncc(C(=O)Nc2ccc(OC)c(OC)c2)cn1. The highest BCUT2D eigenvalue weighted by atomic mass is 16.5. The maximum atomic E-state index is 12.5. The monoisotopic (exact) mass is 394 g/mol. The van der Waals surface area contributed by atoms with Crippen LogP contribution < -0.4 is 24.8 Å².